The van der Waals surface area contributed by atoms with Crippen LogP contribution in [0.1, 0.15) is 43.4 Å². The van der Waals surface area contributed by atoms with Crippen LogP contribution in [0.4, 0.5) is 18.0 Å². The lowest BCUT2D eigenvalue weighted by molar-refractivity contribution is -0.157. The van der Waals surface area contributed by atoms with E-state index in [1.165, 1.54) is 6.07 Å². The first-order chi connectivity index (χ1) is 15.9. The number of hydrogen-bond acceptors (Lipinski definition) is 3. The van der Waals surface area contributed by atoms with Gasteiger partial charge >= 0.3 is 12.3 Å². The molecule has 0 spiro atoms. The van der Waals surface area contributed by atoms with Crippen molar-refractivity contribution in [3.05, 3.63) is 58.1 Å². The molecule has 2 aromatic carbocycles. The van der Waals surface area contributed by atoms with Crippen LogP contribution in [0.2, 0.25) is 5.02 Å². The maximum Gasteiger partial charge on any atom is 0.416 e. The fourth-order valence-corrected chi connectivity index (χ4v) is 6.95. The average molecular weight is 493 g/mol. The number of primary amides is 1. The Balaban J connectivity index is 1.63. The molecule has 2 N–H and O–H groups in total. The molecule has 4 nitrogen and oxygen atoms in total. The summed E-state index contributed by atoms with van der Waals surface area (Å²) in [7, 11) is 0. The highest BCUT2D eigenvalue weighted by Crippen LogP contribution is 2.60. The van der Waals surface area contributed by atoms with Crippen molar-refractivity contribution in [3.63, 3.8) is 0 Å². The van der Waals surface area contributed by atoms with Gasteiger partial charge in [0.1, 0.15) is 5.60 Å². The fraction of sp³-hybridized carbons (Fsp3) is 0.500. The number of hydrogen-bond donors (Lipinski definition) is 1. The van der Waals surface area contributed by atoms with Crippen LogP contribution in [0.15, 0.2) is 36.4 Å². The summed E-state index contributed by atoms with van der Waals surface area (Å²) in [4.78, 5) is 14.7. The number of nitrogens with two attached hydrogens (primary N) is 1. The first-order valence-corrected chi connectivity index (χ1v) is 12.0. The summed E-state index contributed by atoms with van der Waals surface area (Å²) in [6, 6.07) is 8.93. The Kier molecular flexibility index (Phi) is 5.45. The Morgan fingerprint density at radius 2 is 1.85 bits per heavy atom. The van der Waals surface area contributed by atoms with Crippen LogP contribution < -0.4 is 5.73 Å². The molecular formula is C26H28ClF3N2O2. The summed E-state index contributed by atoms with van der Waals surface area (Å²) < 4.78 is 46.1. The third-order valence-electron chi connectivity index (χ3n) is 8.19. The second-order valence-electron chi connectivity index (χ2n) is 10.5. The molecule has 182 valence electrons. The normalized spacial score (nSPS) is 29.6. The molecule has 8 heteroatoms. The van der Waals surface area contributed by atoms with Gasteiger partial charge in [-0.05, 0) is 73.2 Å². The number of carbonyl (C=O) groups is 1. The van der Waals surface area contributed by atoms with E-state index in [1.807, 2.05) is 12.1 Å². The van der Waals surface area contributed by atoms with Crippen molar-refractivity contribution in [2.24, 2.45) is 23.0 Å². The monoisotopic (exact) mass is 492 g/mol. The molecule has 3 aliphatic heterocycles. The molecule has 0 radical (unpaired) electrons. The first kappa shape index (κ1) is 23.5. The van der Waals surface area contributed by atoms with E-state index >= 15 is 0 Å². The van der Waals surface area contributed by atoms with E-state index in [9.17, 15) is 18.0 Å². The maximum absolute atomic E-state index is 13.3. The van der Waals surface area contributed by atoms with Crippen LogP contribution in [0.25, 0.3) is 11.1 Å². The lowest BCUT2D eigenvalue weighted by Crippen LogP contribution is -2.60. The second kappa shape index (κ2) is 7.89. The summed E-state index contributed by atoms with van der Waals surface area (Å²) in [6.45, 7) is 7.11. The van der Waals surface area contributed by atoms with Crippen molar-refractivity contribution in [3.8, 4) is 11.1 Å². The van der Waals surface area contributed by atoms with Crippen molar-refractivity contribution >= 4 is 17.7 Å². The molecule has 4 aliphatic rings. The molecular weight excluding hydrogens is 465 g/mol. The topological polar surface area (TPSA) is 55.6 Å². The fourth-order valence-electron chi connectivity index (χ4n) is 6.72. The first-order valence-electron chi connectivity index (χ1n) is 11.6. The number of nitrogens with zero attached hydrogens (tertiary/aromatic N) is 1. The lowest BCUT2D eigenvalue weighted by Gasteiger charge is -2.55. The highest BCUT2D eigenvalue weighted by atomic mass is 35.5. The van der Waals surface area contributed by atoms with Gasteiger partial charge in [-0.1, -0.05) is 43.6 Å². The second-order valence-corrected chi connectivity index (χ2v) is 10.9. The number of amides is 1. The highest BCUT2D eigenvalue weighted by molar-refractivity contribution is 6.33. The van der Waals surface area contributed by atoms with Gasteiger partial charge in [0.25, 0.3) is 0 Å². The average Bonchev–Trinajstić information content (AvgIpc) is 2.99. The van der Waals surface area contributed by atoms with Crippen molar-refractivity contribution in [2.75, 3.05) is 19.6 Å². The quantitative estimate of drug-likeness (QED) is 0.551. The van der Waals surface area contributed by atoms with Gasteiger partial charge in [0.15, 0.2) is 0 Å². The van der Waals surface area contributed by atoms with E-state index in [-0.39, 0.29) is 10.9 Å². The Bertz CT molecular complexity index is 1140. The van der Waals surface area contributed by atoms with Crippen LogP contribution in [-0.2, 0) is 22.9 Å². The molecule has 1 amide bonds. The SMILES string of the molecule is CC1(C)Cc2cc(-c3cc(C(F)(F)F)ccc3Cl)ccc2[C@]1(OC(N)=O)C1CN2CCC1CC2. The molecule has 1 unspecified atom stereocenters. The number of piperidine rings is 3. The molecule has 34 heavy (non-hydrogen) atoms. The van der Waals surface area contributed by atoms with Gasteiger partial charge in [-0.2, -0.15) is 13.2 Å². The van der Waals surface area contributed by atoms with Crippen molar-refractivity contribution in [2.45, 2.75) is 44.9 Å². The molecule has 3 heterocycles. The van der Waals surface area contributed by atoms with Crippen molar-refractivity contribution < 1.29 is 22.7 Å². The molecule has 3 saturated heterocycles. The molecule has 6 rings (SSSR count). The molecule has 0 aromatic heterocycles. The summed E-state index contributed by atoms with van der Waals surface area (Å²) in [5.74, 6) is 0.522. The number of carbonyl (C=O) groups excluding carboxylic acids is 1. The zero-order chi connectivity index (χ0) is 24.5. The molecule has 2 atom stereocenters. The van der Waals surface area contributed by atoms with Gasteiger partial charge in [0.05, 0.1) is 5.56 Å². The van der Waals surface area contributed by atoms with Gasteiger partial charge in [-0.3, -0.25) is 0 Å². The molecule has 2 aromatic rings. The van der Waals surface area contributed by atoms with Crippen LogP contribution in [0.5, 0.6) is 0 Å². The van der Waals surface area contributed by atoms with Crippen molar-refractivity contribution in [1.82, 2.24) is 4.90 Å². The standard InChI is InChI=1S/C26H28ClF3N2O2/c1-24(2)13-17-11-16(19-12-18(26(28,29)30)4-6-22(19)27)3-5-20(17)25(24,34-23(31)33)21-14-32-9-7-15(21)8-10-32/h3-6,11-12,15,21H,7-10,13-14H2,1-2H3,(H2,31,33)/t21?,25-/m0/s1. The van der Waals surface area contributed by atoms with E-state index < -0.39 is 28.8 Å². The number of ether oxygens (including phenoxy) is 1. The van der Waals surface area contributed by atoms with Crippen LogP contribution in [0.3, 0.4) is 0 Å². The smallest absolute Gasteiger partial charge is 0.416 e. The van der Waals surface area contributed by atoms with Crippen molar-refractivity contribution in [1.29, 1.82) is 0 Å². The lowest BCUT2D eigenvalue weighted by atomic mass is 9.60. The molecule has 2 bridgehead atoms. The Morgan fingerprint density at radius 1 is 1.15 bits per heavy atom. The minimum absolute atomic E-state index is 0.0988. The summed E-state index contributed by atoms with van der Waals surface area (Å²) in [6.07, 6.45) is -2.54. The molecule has 1 aliphatic carbocycles. The van der Waals surface area contributed by atoms with E-state index in [0.29, 0.717) is 23.5 Å². The number of alkyl halides is 3. The number of rotatable bonds is 3. The minimum Gasteiger partial charge on any atom is -0.437 e. The maximum atomic E-state index is 13.3. The summed E-state index contributed by atoms with van der Waals surface area (Å²) >= 11 is 6.32. The van der Waals surface area contributed by atoms with E-state index in [2.05, 4.69) is 18.7 Å². The molecule has 0 saturated carbocycles. The highest BCUT2D eigenvalue weighted by Gasteiger charge is 2.62. The van der Waals surface area contributed by atoms with Crippen LogP contribution >= 0.6 is 11.6 Å². The van der Waals surface area contributed by atoms with E-state index in [4.69, 9.17) is 22.1 Å². The Morgan fingerprint density at radius 3 is 2.44 bits per heavy atom. The summed E-state index contributed by atoms with van der Waals surface area (Å²) in [5.41, 5.74) is 6.35. The number of benzene rings is 2. The third-order valence-corrected chi connectivity index (χ3v) is 8.52. The minimum atomic E-state index is -4.46. The van der Waals surface area contributed by atoms with Crippen LogP contribution in [-0.4, -0.2) is 30.6 Å². The number of fused-ring (bicyclic) bond motifs is 4. The third kappa shape index (κ3) is 3.59. The number of halogens is 4. The predicted octanol–water partition coefficient (Wildman–Crippen LogP) is 6.24. The zero-order valence-corrected chi connectivity index (χ0v) is 20.0. The summed E-state index contributed by atoms with van der Waals surface area (Å²) in [5, 5.41) is 0.252. The van der Waals surface area contributed by atoms with E-state index in [1.54, 1.807) is 6.07 Å². The van der Waals surface area contributed by atoms with Gasteiger partial charge < -0.3 is 15.4 Å². The van der Waals surface area contributed by atoms with E-state index in [0.717, 1.165) is 55.7 Å². The largest absolute Gasteiger partial charge is 0.437 e. The Labute approximate surface area is 202 Å². The van der Waals surface area contributed by atoms with Gasteiger partial charge in [0.2, 0.25) is 0 Å². The Hall–Kier alpha value is -2.25. The predicted molar refractivity (Wildman–Crippen MR) is 124 cm³/mol. The molecule has 3 fully saturated rings. The van der Waals surface area contributed by atoms with Gasteiger partial charge in [-0.15, -0.1) is 0 Å². The van der Waals surface area contributed by atoms with Crippen LogP contribution in [0, 0.1) is 17.3 Å². The zero-order valence-electron chi connectivity index (χ0n) is 19.2. The van der Waals surface area contributed by atoms with Gasteiger partial charge in [-0.25, -0.2) is 4.79 Å². The van der Waals surface area contributed by atoms with Gasteiger partial charge in [0, 0.05) is 28.5 Å².